The predicted octanol–water partition coefficient (Wildman–Crippen LogP) is 5.07. The number of aromatic nitrogens is 2. The number of esters is 1. The van der Waals surface area contributed by atoms with Crippen molar-refractivity contribution in [2.75, 3.05) is 31.0 Å². The molecule has 2 N–H and O–H groups in total. The maximum atomic E-state index is 12.6. The van der Waals surface area contributed by atoms with Crippen molar-refractivity contribution in [1.82, 2.24) is 14.9 Å². The van der Waals surface area contributed by atoms with Crippen LogP contribution in [0.5, 0.6) is 0 Å². The van der Waals surface area contributed by atoms with Gasteiger partial charge in [0.1, 0.15) is 12.6 Å². The van der Waals surface area contributed by atoms with Crippen molar-refractivity contribution in [2.45, 2.75) is 12.1 Å². The summed E-state index contributed by atoms with van der Waals surface area (Å²) in [5, 5.41) is 6.99. The number of para-hydroxylation sites is 1. The molecule has 2 aromatic carbocycles. The number of nitrogens with one attached hydrogen (secondary N) is 2. The van der Waals surface area contributed by atoms with Crippen molar-refractivity contribution in [3.63, 3.8) is 0 Å². The van der Waals surface area contributed by atoms with Gasteiger partial charge < -0.3 is 29.6 Å². The Morgan fingerprint density at radius 3 is 2.60 bits per heavy atom. The number of rotatable bonds is 8. The number of halogens is 1. The number of carbonyl (C=O) groups excluding carboxylic acids is 2. The molecule has 1 aliphatic rings. The number of amides is 1. The Labute approximate surface area is 241 Å². The smallest absolute Gasteiger partial charge is 0.339 e. The van der Waals surface area contributed by atoms with Gasteiger partial charge in [-0.15, -0.1) is 0 Å². The van der Waals surface area contributed by atoms with E-state index < -0.39 is 5.97 Å². The van der Waals surface area contributed by atoms with Crippen LogP contribution in [-0.2, 0) is 14.3 Å². The summed E-state index contributed by atoms with van der Waals surface area (Å²) in [5.74, 6) is -0.753. The SMILES string of the molecule is COCC(=O)Nc1ccc(N2C(=S)N[C@H](c3ccccn3)[C@@H]2c2cccn2-c2ccccc2C(=O)OC)cc1Cl. The lowest BCUT2D eigenvalue weighted by Gasteiger charge is -2.29. The zero-order chi connectivity index (χ0) is 28.2. The highest BCUT2D eigenvalue weighted by molar-refractivity contribution is 7.80. The molecule has 5 rings (SSSR count). The van der Waals surface area contributed by atoms with Crippen molar-refractivity contribution in [3.8, 4) is 5.69 Å². The Hall–Kier alpha value is -4.25. The molecule has 0 bridgehead atoms. The van der Waals surface area contributed by atoms with Crippen LogP contribution in [-0.4, -0.2) is 47.4 Å². The number of nitrogens with zero attached hydrogens (tertiary/aromatic N) is 3. The standard InChI is InChI=1S/C29H26ClN5O4S/c1-38-17-25(36)32-21-13-12-18(16-20(21)30)35-27(26(33-29(35)40)22-9-5-6-14-31-22)24-11-7-15-34(24)23-10-4-3-8-19(23)28(37)39-2/h3-16,26-27H,17H2,1-2H3,(H,32,36)(H,33,40)/t26-,27+/m1/s1. The number of benzene rings is 2. The molecule has 2 aromatic heterocycles. The van der Waals surface area contributed by atoms with E-state index in [4.69, 9.17) is 33.3 Å². The number of methoxy groups -OCH3 is 2. The van der Waals surface area contributed by atoms with E-state index in [0.29, 0.717) is 32.8 Å². The number of thiocarbonyl (C=S) groups is 1. The summed E-state index contributed by atoms with van der Waals surface area (Å²) in [5.41, 5.74) is 3.91. The molecule has 1 saturated heterocycles. The zero-order valence-corrected chi connectivity index (χ0v) is 23.3. The van der Waals surface area contributed by atoms with Crippen LogP contribution in [0.4, 0.5) is 11.4 Å². The Balaban J connectivity index is 1.62. The largest absolute Gasteiger partial charge is 0.465 e. The van der Waals surface area contributed by atoms with Crippen molar-refractivity contribution < 1.29 is 19.1 Å². The quantitative estimate of drug-likeness (QED) is 0.222. The minimum absolute atomic E-state index is 0.0872. The van der Waals surface area contributed by atoms with Crippen LogP contribution in [0.2, 0.25) is 5.02 Å². The Morgan fingerprint density at radius 2 is 1.88 bits per heavy atom. The maximum Gasteiger partial charge on any atom is 0.339 e. The summed E-state index contributed by atoms with van der Waals surface area (Å²) in [4.78, 5) is 31.3. The summed E-state index contributed by atoms with van der Waals surface area (Å²) in [6.07, 6.45) is 3.63. The predicted molar refractivity (Wildman–Crippen MR) is 157 cm³/mol. The molecule has 9 nitrogen and oxygen atoms in total. The van der Waals surface area contributed by atoms with Gasteiger partial charge in [0, 0.05) is 30.9 Å². The molecule has 0 saturated carbocycles. The van der Waals surface area contributed by atoms with E-state index in [2.05, 4.69) is 15.6 Å². The van der Waals surface area contributed by atoms with Gasteiger partial charge in [-0.25, -0.2) is 4.79 Å². The topological polar surface area (TPSA) is 97.7 Å². The van der Waals surface area contributed by atoms with Gasteiger partial charge in [-0.2, -0.15) is 0 Å². The summed E-state index contributed by atoms with van der Waals surface area (Å²) in [7, 11) is 2.81. The van der Waals surface area contributed by atoms with Gasteiger partial charge in [-0.3, -0.25) is 9.78 Å². The lowest BCUT2D eigenvalue weighted by molar-refractivity contribution is -0.119. The first kappa shape index (κ1) is 27.3. The van der Waals surface area contributed by atoms with E-state index in [1.807, 2.05) is 64.2 Å². The van der Waals surface area contributed by atoms with Crippen LogP contribution < -0.4 is 15.5 Å². The van der Waals surface area contributed by atoms with Crippen molar-refractivity contribution in [3.05, 3.63) is 107 Å². The Bertz CT molecular complexity index is 1560. The third kappa shape index (κ3) is 5.29. The molecule has 1 aliphatic heterocycles. The molecular formula is C29H26ClN5O4S. The molecule has 3 heterocycles. The fourth-order valence-corrected chi connectivity index (χ4v) is 5.39. The molecule has 11 heteroatoms. The van der Waals surface area contributed by atoms with Crippen LogP contribution in [0.15, 0.2) is 85.2 Å². The van der Waals surface area contributed by atoms with Crippen molar-refractivity contribution >= 4 is 52.2 Å². The maximum absolute atomic E-state index is 12.6. The monoisotopic (exact) mass is 575 g/mol. The summed E-state index contributed by atoms with van der Waals surface area (Å²) in [6, 6.07) is 21.5. The van der Waals surface area contributed by atoms with Crippen LogP contribution >= 0.6 is 23.8 Å². The lowest BCUT2D eigenvalue weighted by atomic mass is 10.0. The highest BCUT2D eigenvalue weighted by atomic mass is 35.5. The molecule has 204 valence electrons. The van der Waals surface area contributed by atoms with E-state index in [9.17, 15) is 9.59 Å². The van der Waals surface area contributed by atoms with Crippen LogP contribution in [0.1, 0.15) is 33.8 Å². The fourth-order valence-electron chi connectivity index (χ4n) is 4.83. The van der Waals surface area contributed by atoms with E-state index in [1.54, 1.807) is 30.5 Å². The second-order valence-electron chi connectivity index (χ2n) is 8.95. The molecule has 1 amide bonds. The van der Waals surface area contributed by atoms with Gasteiger partial charge in [-0.1, -0.05) is 29.8 Å². The highest BCUT2D eigenvalue weighted by Gasteiger charge is 2.42. The van der Waals surface area contributed by atoms with E-state index >= 15 is 0 Å². The average Bonchev–Trinajstić information content (AvgIpc) is 3.58. The van der Waals surface area contributed by atoms with Gasteiger partial charge in [0.05, 0.1) is 40.8 Å². The molecule has 0 aliphatic carbocycles. The lowest BCUT2D eigenvalue weighted by Crippen LogP contribution is -2.30. The number of hydrogen-bond acceptors (Lipinski definition) is 6. The van der Waals surface area contributed by atoms with E-state index in [1.165, 1.54) is 14.2 Å². The van der Waals surface area contributed by atoms with Gasteiger partial charge in [-0.05, 0) is 66.8 Å². The van der Waals surface area contributed by atoms with Crippen LogP contribution in [0.25, 0.3) is 5.69 Å². The second-order valence-corrected chi connectivity index (χ2v) is 9.75. The number of carbonyl (C=O) groups is 2. The molecule has 2 atom stereocenters. The third-order valence-corrected chi connectivity index (χ3v) is 7.16. The molecular weight excluding hydrogens is 550 g/mol. The molecule has 0 spiro atoms. The first-order valence-corrected chi connectivity index (χ1v) is 13.2. The minimum Gasteiger partial charge on any atom is -0.465 e. The van der Waals surface area contributed by atoms with E-state index in [0.717, 1.165) is 11.4 Å². The zero-order valence-electron chi connectivity index (χ0n) is 21.7. The molecule has 4 aromatic rings. The van der Waals surface area contributed by atoms with Crippen molar-refractivity contribution in [2.24, 2.45) is 0 Å². The van der Waals surface area contributed by atoms with E-state index in [-0.39, 0.29) is 24.6 Å². The average molecular weight is 576 g/mol. The summed E-state index contributed by atoms with van der Waals surface area (Å²) < 4.78 is 11.9. The Morgan fingerprint density at radius 1 is 1.07 bits per heavy atom. The van der Waals surface area contributed by atoms with Crippen molar-refractivity contribution in [1.29, 1.82) is 0 Å². The molecule has 0 radical (unpaired) electrons. The first-order chi connectivity index (χ1) is 19.4. The first-order valence-electron chi connectivity index (χ1n) is 12.4. The molecule has 0 unspecified atom stereocenters. The summed E-state index contributed by atoms with van der Waals surface area (Å²) >= 11 is 12.5. The number of anilines is 2. The number of pyridine rings is 1. The fraction of sp³-hybridized carbons (Fsp3) is 0.172. The molecule has 40 heavy (non-hydrogen) atoms. The van der Waals surface area contributed by atoms with Crippen LogP contribution in [0, 0.1) is 0 Å². The van der Waals surface area contributed by atoms with Crippen LogP contribution in [0.3, 0.4) is 0 Å². The second kappa shape index (κ2) is 11.9. The third-order valence-electron chi connectivity index (χ3n) is 6.53. The number of ether oxygens (including phenoxy) is 2. The van der Waals surface area contributed by atoms with Gasteiger partial charge >= 0.3 is 5.97 Å². The van der Waals surface area contributed by atoms with Gasteiger partial charge in [0.15, 0.2) is 5.11 Å². The summed E-state index contributed by atoms with van der Waals surface area (Å²) in [6.45, 7) is -0.0872. The minimum atomic E-state index is -0.439. The normalized spacial score (nSPS) is 16.5. The Kier molecular flexibility index (Phi) is 8.11. The van der Waals surface area contributed by atoms with Gasteiger partial charge in [0.25, 0.3) is 0 Å². The van der Waals surface area contributed by atoms with Gasteiger partial charge in [0.2, 0.25) is 5.91 Å². The highest BCUT2D eigenvalue weighted by Crippen LogP contribution is 2.43. The number of hydrogen-bond donors (Lipinski definition) is 2. The molecule has 1 fully saturated rings.